The van der Waals surface area contributed by atoms with Crippen LogP contribution in [0, 0.1) is 0 Å². The molecule has 1 aromatic carbocycles. The molecule has 1 aliphatic rings. The smallest absolute Gasteiger partial charge is 0.169 e. The van der Waals surface area contributed by atoms with Gasteiger partial charge in [-0.15, -0.1) is 0 Å². The minimum absolute atomic E-state index is 0.479. The molecule has 0 saturated heterocycles. The van der Waals surface area contributed by atoms with E-state index in [1.165, 1.54) is 44.1 Å². The number of aromatic nitrogens is 1. The summed E-state index contributed by atoms with van der Waals surface area (Å²) in [5.74, 6) is 1.50. The van der Waals surface area contributed by atoms with E-state index in [1.807, 2.05) is 30.5 Å². The molecule has 0 unspecified atom stereocenters. The van der Waals surface area contributed by atoms with Crippen molar-refractivity contribution >= 4 is 17.3 Å². The van der Waals surface area contributed by atoms with Crippen molar-refractivity contribution in [1.29, 1.82) is 0 Å². The van der Waals surface area contributed by atoms with E-state index in [1.54, 1.807) is 14.2 Å². The first-order valence-corrected chi connectivity index (χ1v) is 11.3. The Labute approximate surface area is 185 Å². The van der Waals surface area contributed by atoms with Gasteiger partial charge in [0.25, 0.3) is 0 Å². The predicted molar refractivity (Wildman–Crippen MR) is 125 cm³/mol. The summed E-state index contributed by atoms with van der Waals surface area (Å²) < 4.78 is 10.8. The molecule has 1 N–H and O–H groups in total. The summed E-state index contributed by atoms with van der Waals surface area (Å²) in [5, 5.41) is 4.47. The van der Waals surface area contributed by atoms with Gasteiger partial charge in [0.05, 0.1) is 26.5 Å². The second kappa shape index (κ2) is 11.7. The van der Waals surface area contributed by atoms with Crippen LogP contribution in [0.5, 0.6) is 11.5 Å². The first-order valence-electron chi connectivity index (χ1n) is 10.9. The Bertz CT molecular complexity index is 792. The van der Waals surface area contributed by atoms with Gasteiger partial charge < -0.3 is 19.7 Å². The molecule has 1 aromatic heterocycles. The average Bonchev–Trinajstić information content (AvgIpc) is 3.05. The number of hydrogen-bond acceptors (Lipinski definition) is 4. The van der Waals surface area contributed by atoms with Gasteiger partial charge in [-0.05, 0) is 61.3 Å². The van der Waals surface area contributed by atoms with Crippen molar-refractivity contribution in [2.75, 3.05) is 20.8 Å². The summed E-state index contributed by atoms with van der Waals surface area (Å²) in [6.07, 6.45) is 10.3. The highest BCUT2D eigenvalue weighted by Gasteiger charge is 2.17. The van der Waals surface area contributed by atoms with Gasteiger partial charge in [0.15, 0.2) is 16.6 Å². The van der Waals surface area contributed by atoms with Crippen molar-refractivity contribution in [3.05, 3.63) is 53.9 Å². The summed E-state index contributed by atoms with van der Waals surface area (Å²) in [4.78, 5) is 6.74. The molecule has 0 spiro atoms. The number of nitrogens with one attached hydrogen (secondary N) is 1. The van der Waals surface area contributed by atoms with Crippen molar-refractivity contribution in [3.8, 4) is 11.5 Å². The zero-order valence-corrected chi connectivity index (χ0v) is 18.9. The maximum Gasteiger partial charge on any atom is 0.169 e. The second-order valence-electron chi connectivity index (χ2n) is 7.82. The van der Waals surface area contributed by atoms with Gasteiger partial charge in [-0.1, -0.05) is 37.8 Å². The number of hydrogen-bond donors (Lipinski definition) is 1. The van der Waals surface area contributed by atoms with Crippen LogP contribution in [0.2, 0.25) is 0 Å². The lowest BCUT2D eigenvalue weighted by Crippen LogP contribution is -2.45. The monoisotopic (exact) mass is 427 g/mol. The Kier molecular flexibility index (Phi) is 8.75. The Morgan fingerprint density at radius 1 is 1.07 bits per heavy atom. The quantitative estimate of drug-likeness (QED) is 0.485. The Balaban J connectivity index is 1.68. The maximum atomic E-state index is 5.85. The van der Waals surface area contributed by atoms with E-state index >= 15 is 0 Å². The Morgan fingerprint density at radius 3 is 2.50 bits per heavy atom. The third kappa shape index (κ3) is 6.59. The third-order valence-corrected chi connectivity index (χ3v) is 6.04. The molecule has 30 heavy (non-hydrogen) atoms. The fraction of sp³-hybridized carbons (Fsp3) is 0.500. The zero-order chi connectivity index (χ0) is 21.2. The van der Waals surface area contributed by atoms with Crippen LogP contribution in [-0.2, 0) is 13.0 Å². The lowest BCUT2D eigenvalue weighted by molar-refractivity contribution is 0.353. The number of thiocarbonyl (C=S) groups is 1. The molecule has 0 aliphatic heterocycles. The third-order valence-electron chi connectivity index (χ3n) is 5.67. The molecule has 0 radical (unpaired) electrons. The number of pyridine rings is 1. The van der Waals surface area contributed by atoms with Crippen LogP contribution in [0.1, 0.15) is 49.8 Å². The molecule has 2 aromatic rings. The standard InChI is InChI=1S/C24H33N3O2S/c1-28-22-13-12-19(17-23(22)29-2)14-16-27(18-21-11-7-8-15-25-21)24(30)26-20-9-5-3-4-6-10-20/h7-8,11-13,15,17,20H,3-6,9-10,14,16,18H2,1-2H3,(H,26,30). The van der Waals surface area contributed by atoms with Crippen molar-refractivity contribution in [2.24, 2.45) is 0 Å². The van der Waals surface area contributed by atoms with Gasteiger partial charge in [-0.3, -0.25) is 4.98 Å². The molecule has 0 amide bonds. The minimum Gasteiger partial charge on any atom is -0.493 e. The van der Waals surface area contributed by atoms with Crippen LogP contribution < -0.4 is 14.8 Å². The van der Waals surface area contributed by atoms with Crippen molar-refractivity contribution in [3.63, 3.8) is 0 Å². The van der Waals surface area contributed by atoms with E-state index in [4.69, 9.17) is 21.7 Å². The molecule has 1 saturated carbocycles. The molecule has 3 rings (SSSR count). The maximum absolute atomic E-state index is 5.85. The molecule has 1 heterocycles. The van der Waals surface area contributed by atoms with Crippen molar-refractivity contribution in [1.82, 2.24) is 15.2 Å². The van der Waals surface area contributed by atoms with Gasteiger partial charge in [0.1, 0.15) is 0 Å². The number of rotatable bonds is 8. The summed E-state index contributed by atoms with van der Waals surface area (Å²) in [5.41, 5.74) is 2.21. The van der Waals surface area contributed by atoms with Gasteiger partial charge in [0.2, 0.25) is 0 Å². The molecule has 162 valence electrons. The highest BCUT2D eigenvalue weighted by Crippen LogP contribution is 2.27. The van der Waals surface area contributed by atoms with Gasteiger partial charge in [0, 0.05) is 18.8 Å². The molecule has 1 fully saturated rings. The van der Waals surface area contributed by atoms with Crippen molar-refractivity contribution < 1.29 is 9.47 Å². The van der Waals surface area contributed by atoms with E-state index in [2.05, 4.69) is 27.3 Å². The lowest BCUT2D eigenvalue weighted by Gasteiger charge is -2.29. The van der Waals surface area contributed by atoms with E-state index in [0.29, 0.717) is 12.6 Å². The van der Waals surface area contributed by atoms with Gasteiger partial charge >= 0.3 is 0 Å². The fourth-order valence-corrected chi connectivity index (χ4v) is 4.25. The van der Waals surface area contributed by atoms with E-state index in [-0.39, 0.29) is 0 Å². The highest BCUT2D eigenvalue weighted by atomic mass is 32.1. The number of methoxy groups -OCH3 is 2. The molecule has 6 heteroatoms. The van der Waals surface area contributed by atoms with Crippen LogP contribution in [0.15, 0.2) is 42.6 Å². The summed E-state index contributed by atoms with van der Waals surface area (Å²) in [6, 6.07) is 12.6. The number of ether oxygens (including phenoxy) is 2. The van der Waals surface area contributed by atoms with E-state index in [9.17, 15) is 0 Å². The van der Waals surface area contributed by atoms with E-state index in [0.717, 1.165) is 35.3 Å². The Morgan fingerprint density at radius 2 is 1.83 bits per heavy atom. The summed E-state index contributed by atoms with van der Waals surface area (Å²) in [6.45, 7) is 1.51. The minimum atomic E-state index is 0.479. The number of benzene rings is 1. The van der Waals surface area contributed by atoms with Crippen LogP contribution >= 0.6 is 12.2 Å². The summed E-state index contributed by atoms with van der Waals surface area (Å²) >= 11 is 5.85. The zero-order valence-electron chi connectivity index (χ0n) is 18.1. The molecule has 0 bridgehead atoms. The van der Waals surface area contributed by atoms with Crippen LogP contribution in [0.4, 0.5) is 0 Å². The van der Waals surface area contributed by atoms with Crippen LogP contribution in [0.3, 0.4) is 0 Å². The topological polar surface area (TPSA) is 46.6 Å². The molecular weight excluding hydrogens is 394 g/mol. The van der Waals surface area contributed by atoms with Crippen LogP contribution in [0.25, 0.3) is 0 Å². The predicted octanol–water partition coefficient (Wildman–Crippen LogP) is 4.74. The molecule has 0 atom stereocenters. The average molecular weight is 428 g/mol. The van der Waals surface area contributed by atoms with Crippen molar-refractivity contribution in [2.45, 2.75) is 57.5 Å². The molecule has 1 aliphatic carbocycles. The lowest BCUT2D eigenvalue weighted by atomic mass is 10.1. The summed E-state index contributed by atoms with van der Waals surface area (Å²) in [7, 11) is 3.32. The van der Waals surface area contributed by atoms with Crippen LogP contribution in [-0.4, -0.2) is 41.8 Å². The van der Waals surface area contributed by atoms with Gasteiger partial charge in [-0.25, -0.2) is 0 Å². The highest BCUT2D eigenvalue weighted by molar-refractivity contribution is 7.80. The largest absolute Gasteiger partial charge is 0.493 e. The SMILES string of the molecule is COc1ccc(CCN(Cc2ccccn2)C(=S)NC2CCCCCC2)cc1OC. The molecule has 5 nitrogen and oxygen atoms in total. The fourth-order valence-electron chi connectivity index (χ4n) is 3.93. The first-order chi connectivity index (χ1) is 14.7. The van der Waals surface area contributed by atoms with Gasteiger partial charge in [-0.2, -0.15) is 0 Å². The molecular formula is C24H33N3O2S. The normalized spacial score (nSPS) is 14.6. The van der Waals surface area contributed by atoms with E-state index < -0.39 is 0 Å². The second-order valence-corrected chi connectivity index (χ2v) is 8.21. The number of nitrogens with zero attached hydrogens (tertiary/aromatic N) is 2. The Hall–Kier alpha value is -2.34. The first kappa shape index (κ1) is 22.3.